The Labute approximate surface area is 134 Å². The molecular weight excluding hydrogens is 322 g/mol. The van der Waals surface area contributed by atoms with Crippen molar-refractivity contribution in [3.63, 3.8) is 0 Å². The van der Waals surface area contributed by atoms with Crippen LogP contribution in [-0.4, -0.2) is 29.4 Å². The van der Waals surface area contributed by atoms with E-state index in [0.717, 1.165) is 32.1 Å². The van der Waals surface area contributed by atoms with Gasteiger partial charge in [0.15, 0.2) is 5.82 Å². The molecule has 0 radical (unpaired) electrons. The summed E-state index contributed by atoms with van der Waals surface area (Å²) in [7, 11) is -3.49. The van der Waals surface area contributed by atoms with Gasteiger partial charge in [-0.25, -0.2) is 8.42 Å². The molecule has 1 fully saturated rings. The molecule has 1 aliphatic heterocycles. The Hall–Kier alpha value is -1.25. The van der Waals surface area contributed by atoms with Crippen molar-refractivity contribution in [2.45, 2.75) is 49.3 Å². The van der Waals surface area contributed by atoms with Gasteiger partial charge in [-0.15, -0.1) is 11.3 Å². The van der Waals surface area contributed by atoms with Crippen molar-refractivity contribution in [2.75, 3.05) is 6.54 Å². The largest absolute Gasteiger partial charge is 0.338 e. The number of thiophene rings is 1. The van der Waals surface area contributed by atoms with E-state index in [1.165, 1.54) is 15.6 Å². The predicted molar refractivity (Wildman–Crippen MR) is 83.1 cm³/mol. The molecule has 0 aromatic carbocycles. The van der Waals surface area contributed by atoms with Crippen molar-refractivity contribution in [2.24, 2.45) is 0 Å². The summed E-state index contributed by atoms with van der Waals surface area (Å²) in [5, 5.41) is 5.73. The van der Waals surface area contributed by atoms with Crippen LogP contribution in [0, 0.1) is 0 Å². The second-order valence-electron chi connectivity index (χ2n) is 5.36. The van der Waals surface area contributed by atoms with E-state index in [2.05, 4.69) is 10.1 Å². The Balaban J connectivity index is 1.91. The highest BCUT2D eigenvalue weighted by atomic mass is 32.2. The van der Waals surface area contributed by atoms with Crippen LogP contribution in [0.4, 0.5) is 0 Å². The third-order valence-corrected chi connectivity index (χ3v) is 7.04. The standard InChI is InChI=1S/C14H19N3O3S2/c1-2-6-12-15-14(20-16-12)11-7-3-4-9-17(11)22(18,19)13-8-5-10-21-13/h5,8,10-11H,2-4,6-7,9H2,1H3. The molecule has 0 spiro atoms. The van der Waals surface area contributed by atoms with E-state index >= 15 is 0 Å². The summed E-state index contributed by atoms with van der Waals surface area (Å²) in [6.07, 6.45) is 4.22. The minimum atomic E-state index is -3.49. The average molecular weight is 341 g/mol. The Morgan fingerprint density at radius 1 is 1.45 bits per heavy atom. The van der Waals surface area contributed by atoms with Crippen LogP contribution in [0.25, 0.3) is 0 Å². The third kappa shape index (κ3) is 2.95. The molecule has 1 aliphatic rings. The zero-order valence-electron chi connectivity index (χ0n) is 12.4. The molecule has 8 heteroatoms. The van der Waals surface area contributed by atoms with Crippen LogP contribution in [-0.2, 0) is 16.4 Å². The van der Waals surface area contributed by atoms with Gasteiger partial charge in [0.1, 0.15) is 10.3 Å². The fraction of sp³-hybridized carbons (Fsp3) is 0.571. The van der Waals surface area contributed by atoms with Crippen molar-refractivity contribution >= 4 is 21.4 Å². The topological polar surface area (TPSA) is 76.3 Å². The van der Waals surface area contributed by atoms with Gasteiger partial charge in [-0.05, 0) is 30.7 Å². The molecule has 0 saturated carbocycles. The van der Waals surface area contributed by atoms with E-state index in [4.69, 9.17) is 4.52 Å². The van der Waals surface area contributed by atoms with E-state index in [-0.39, 0.29) is 6.04 Å². The Morgan fingerprint density at radius 3 is 3.05 bits per heavy atom. The van der Waals surface area contributed by atoms with Gasteiger partial charge in [-0.2, -0.15) is 9.29 Å². The quantitative estimate of drug-likeness (QED) is 0.835. The number of aromatic nitrogens is 2. The highest BCUT2D eigenvalue weighted by Crippen LogP contribution is 2.35. The molecule has 3 heterocycles. The molecule has 0 N–H and O–H groups in total. The number of sulfonamides is 1. The summed E-state index contributed by atoms with van der Waals surface area (Å²) in [6.45, 7) is 2.54. The molecule has 2 aromatic heterocycles. The van der Waals surface area contributed by atoms with Gasteiger partial charge in [-0.1, -0.05) is 24.6 Å². The molecule has 1 unspecified atom stereocenters. The van der Waals surface area contributed by atoms with E-state index < -0.39 is 10.0 Å². The summed E-state index contributed by atoms with van der Waals surface area (Å²) in [4.78, 5) is 4.39. The minimum absolute atomic E-state index is 0.348. The normalized spacial score (nSPS) is 20.3. The summed E-state index contributed by atoms with van der Waals surface area (Å²) in [5.41, 5.74) is 0. The minimum Gasteiger partial charge on any atom is -0.338 e. The van der Waals surface area contributed by atoms with Gasteiger partial charge >= 0.3 is 0 Å². The predicted octanol–water partition coefficient (Wildman–Crippen LogP) is 3.00. The van der Waals surface area contributed by atoms with Crippen LogP contribution in [0.3, 0.4) is 0 Å². The molecule has 22 heavy (non-hydrogen) atoms. The maximum atomic E-state index is 12.8. The van der Waals surface area contributed by atoms with Crippen LogP contribution < -0.4 is 0 Å². The second-order valence-corrected chi connectivity index (χ2v) is 8.42. The first kappa shape index (κ1) is 15.6. The number of rotatable bonds is 5. The smallest absolute Gasteiger partial charge is 0.253 e. The van der Waals surface area contributed by atoms with E-state index in [0.29, 0.717) is 22.5 Å². The maximum Gasteiger partial charge on any atom is 0.253 e. The number of aryl methyl sites for hydroxylation is 1. The summed E-state index contributed by atoms with van der Waals surface area (Å²) < 4.78 is 32.8. The highest BCUT2D eigenvalue weighted by Gasteiger charge is 2.37. The van der Waals surface area contributed by atoms with E-state index in [1.54, 1.807) is 17.5 Å². The maximum absolute atomic E-state index is 12.8. The first-order valence-electron chi connectivity index (χ1n) is 7.50. The monoisotopic (exact) mass is 341 g/mol. The van der Waals surface area contributed by atoms with Gasteiger partial charge in [0.25, 0.3) is 10.0 Å². The molecule has 6 nitrogen and oxygen atoms in total. The van der Waals surface area contributed by atoms with Gasteiger partial charge < -0.3 is 4.52 Å². The van der Waals surface area contributed by atoms with Crippen molar-refractivity contribution in [3.8, 4) is 0 Å². The van der Waals surface area contributed by atoms with Crippen molar-refractivity contribution < 1.29 is 12.9 Å². The van der Waals surface area contributed by atoms with E-state index in [9.17, 15) is 8.42 Å². The molecule has 3 rings (SSSR count). The first-order chi connectivity index (χ1) is 10.6. The van der Waals surface area contributed by atoms with Crippen molar-refractivity contribution in [1.29, 1.82) is 0 Å². The van der Waals surface area contributed by atoms with Gasteiger partial charge in [0.2, 0.25) is 5.89 Å². The molecular formula is C14H19N3O3S2. The molecule has 2 aromatic rings. The first-order valence-corrected chi connectivity index (χ1v) is 9.82. The van der Waals surface area contributed by atoms with Crippen LogP contribution in [0.15, 0.2) is 26.2 Å². The van der Waals surface area contributed by atoms with Gasteiger partial charge in [0, 0.05) is 13.0 Å². The Kier molecular flexibility index (Phi) is 4.60. The lowest BCUT2D eigenvalue weighted by molar-refractivity contribution is 0.204. The lowest BCUT2D eigenvalue weighted by Gasteiger charge is -2.31. The molecule has 1 saturated heterocycles. The van der Waals surface area contributed by atoms with Gasteiger partial charge in [-0.3, -0.25) is 0 Å². The molecule has 0 bridgehead atoms. The third-order valence-electron chi connectivity index (χ3n) is 3.75. The number of nitrogens with zero attached hydrogens (tertiary/aromatic N) is 3. The number of hydrogen-bond acceptors (Lipinski definition) is 6. The summed E-state index contributed by atoms with van der Waals surface area (Å²) in [5.74, 6) is 1.07. The van der Waals surface area contributed by atoms with Crippen LogP contribution >= 0.6 is 11.3 Å². The lowest BCUT2D eigenvalue weighted by atomic mass is 10.1. The highest BCUT2D eigenvalue weighted by molar-refractivity contribution is 7.91. The van der Waals surface area contributed by atoms with Crippen LogP contribution in [0.1, 0.15) is 50.4 Å². The zero-order valence-corrected chi connectivity index (χ0v) is 14.1. The summed E-state index contributed by atoms with van der Waals surface area (Å²) in [6, 6.07) is 3.05. The van der Waals surface area contributed by atoms with Crippen molar-refractivity contribution in [1.82, 2.24) is 14.4 Å². The average Bonchev–Trinajstić information content (AvgIpc) is 3.19. The van der Waals surface area contributed by atoms with Crippen LogP contribution in [0.5, 0.6) is 0 Å². The Morgan fingerprint density at radius 2 is 2.32 bits per heavy atom. The number of piperidine rings is 1. The van der Waals surface area contributed by atoms with Crippen LogP contribution in [0.2, 0.25) is 0 Å². The zero-order chi connectivity index (χ0) is 15.6. The molecule has 0 aliphatic carbocycles. The SMILES string of the molecule is CCCc1noc(C2CCCCN2S(=O)(=O)c2cccs2)n1. The van der Waals surface area contributed by atoms with E-state index in [1.807, 2.05) is 6.92 Å². The second kappa shape index (κ2) is 6.47. The van der Waals surface area contributed by atoms with Gasteiger partial charge in [0.05, 0.1) is 0 Å². The number of hydrogen-bond donors (Lipinski definition) is 0. The molecule has 120 valence electrons. The molecule has 1 atom stereocenters. The fourth-order valence-corrected chi connectivity index (χ4v) is 5.46. The fourth-order valence-electron chi connectivity index (χ4n) is 2.69. The van der Waals surface area contributed by atoms with Crippen molar-refractivity contribution in [3.05, 3.63) is 29.2 Å². The lowest BCUT2D eigenvalue weighted by Crippen LogP contribution is -2.38. The Bertz CT molecular complexity index is 710. The summed E-state index contributed by atoms with van der Waals surface area (Å²) >= 11 is 1.24. The molecule has 0 amide bonds.